The SMILES string of the molecule is CCCCCCCCCCCCCCCC(CC)CCCCCCCCCCCCC. The first-order valence-corrected chi connectivity index (χ1v) is 15.3. The van der Waals surface area contributed by atoms with E-state index >= 15 is 0 Å². The molecule has 0 aromatic carbocycles. The highest BCUT2D eigenvalue weighted by Gasteiger charge is 2.06. The Morgan fingerprint density at radius 1 is 0.290 bits per heavy atom. The molecule has 0 heterocycles. The Morgan fingerprint density at radius 2 is 0.516 bits per heavy atom. The highest BCUT2D eigenvalue weighted by molar-refractivity contribution is 4.59. The summed E-state index contributed by atoms with van der Waals surface area (Å²) in [5.41, 5.74) is 0. The molecule has 0 spiro atoms. The number of hydrogen-bond donors (Lipinski definition) is 0. The summed E-state index contributed by atoms with van der Waals surface area (Å²) in [4.78, 5) is 0. The zero-order chi connectivity index (χ0) is 22.7. The van der Waals surface area contributed by atoms with Crippen molar-refractivity contribution in [2.45, 2.75) is 194 Å². The summed E-state index contributed by atoms with van der Waals surface area (Å²) in [6.07, 6.45) is 39.8. The molecule has 0 nitrogen and oxygen atoms in total. The van der Waals surface area contributed by atoms with E-state index in [2.05, 4.69) is 20.8 Å². The Bertz CT molecular complexity index is 294. The van der Waals surface area contributed by atoms with Crippen LogP contribution in [0.25, 0.3) is 0 Å². The second-order valence-electron chi connectivity index (χ2n) is 10.6. The lowest BCUT2D eigenvalue weighted by Crippen LogP contribution is -1.99. The minimum atomic E-state index is 1.02. The van der Waals surface area contributed by atoms with E-state index in [0.29, 0.717) is 0 Å². The van der Waals surface area contributed by atoms with E-state index in [1.54, 1.807) is 0 Å². The molecule has 0 aromatic rings. The van der Waals surface area contributed by atoms with Gasteiger partial charge in [0.05, 0.1) is 0 Å². The smallest absolute Gasteiger partial charge is 0.0417 e. The van der Waals surface area contributed by atoms with Crippen molar-refractivity contribution in [2.24, 2.45) is 5.92 Å². The summed E-state index contributed by atoms with van der Waals surface area (Å²) < 4.78 is 0. The lowest BCUT2D eigenvalue weighted by Gasteiger charge is -2.14. The van der Waals surface area contributed by atoms with Gasteiger partial charge in [0, 0.05) is 0 Å². The van der Waals surface area contributed by atoms with Gasteiger partial charge in [0.15, 0.2) is 0 Å². The molecule has 1 unspecified atom stereocenters. The van der Waals surface area contributed by atoms with Crippen LogP contribution in [0.2, 0.25) is 0 Å². The molecule has 0 aliphatic rings. The first-order chi connectivity index (χ1) is 15.3. The minimum Gasteiger partial charge on any atom is -0.0654 e. The molecule has 0 aliphatic heterocycles. The van der Waals surface area contributed by atoms with Gasteiger partial charge in [-0.2, -0.15) is 0 Å². The minimum absolute atomic E-state index is 1.02. The zero-order valence-electron chi connectivity index (χ0n) is 22.7. The van der Waals surface area contributed by atoms with Gasteiger partial charge in [0.2, 0.25) is 0 Å². The third-order valence-electron chi connectivity index (χ3n) is 7.51. The van der Waals surface area contributed by atoms with Crippen LogP contribution in [-0.4, -0.2) is 0 Å². The van der Waals surface area contributed by atoms with Crippen molar-refractivity contribution in [3.63, 3.8) is 0 Å². The first kappa shape index (κ1) is 31.0. The van der Waals surface area contributed by atoms with E-state index in [1.165, 1.54) is 173 Å². The Kier molecular flexibility index (Phi) is 28.0. The molecule has 0 N–H and O–H groups in total. The molecule has 0 rings (SSSR count). The predicted molar refractivity (Wildman–Crippen MR) is 145 cm³/mol. The van der Waals surface area contributed by atoms with Crippen LogP contribution < -0.4 is 0 Å². The highest BCUT2D eigenvalue weighted by atomic mass is 14.1. The normalized spacial score (nSPS) is 12.5. The van der Waals surface area contributed by atoms with Gasteiger partial charge in [-0.1, -0.05) is 194 Å². The van der Waals surface area contributed by atoms with Crippen molar-refractivity contribution in [1.82, 2.24) is 0 Å². The summed E-state index contributed by atoms with van der Waals surface area (Å²) in [6.45, 7) is 7.04. The number of unbranched alkanes of at least 4 members (excludes halogenated alkanes) is 22. The van der Waals surface area contributed by atoms with E-state index in [0.717, 1.165) is 5.92 Å². The van der Waals surface area contributed by atoms with Crippen LogP contribution in [0.5, 0.6) is 0 Å². The standard InChI is InChI=1S/C31H64/c1-4-7-9-11-13-15-17-18-20-22-24-26-28-30-31(6-3)29-27-25-23-21-19-16-14-12-10-8-5-2/h31H,4-30H2,1-3H3. The van der Waals surface area contributed by atoms with Gasteiger partial charge in [-0.05, 0) is 5.92 Å². The van der Waals surface area contributed by atoms with Crippen LogP contribution in [-0.2, 0) is 0 Å². The summed E-state index contributed by atoms with van der Waals surface area (Å²) >= 11 is 0. The molecule has 0 saturated heterocycles. The quantitative estimate of drug-likeness (QED) is 0.112. The van der Waals surface area contributed by atoms with Gasteiger partial charge in [0.1, 0.15) is 0 Å². The third-order valence-corrected chi connectivity index (χ3v) is 7.51. The van der Waals surface area contributed by atoms with Crippen LogP contribution in [0.15, 0.2) is 0 Å². The molecule has 31 heavy (non-hydrogen) atoms. The molecule has 0 heteroatoms. The van der Waals surface area contributed by atoms with Crippen molar-refractivity contribution in [2.75, 3.05) is 0 Å². The maximum Gasteiger partial charge on any atom is -0.0417 e. The Balaban J connectivity index is 3.26. The highest BCUT2D eigenvalue weighted by Crippen LogP contribution is 2.22. The fraction of sp³-hybridized carbons (Fsp3) is 1.00. The predicted octanol–water partition coefficient (Wildman–Crippen LogP) is 12.2. The van der Waals surface area contributed by atoms with Crippen molar-refractivity contribution in [1.29, 1.82) is 0 Å². The Morgan fingerprint density at radius 3 is 0.742 bits per heavy atom. The van der Waals surface area contributed by atoms with Gasteiger partial charge in [0.25, 0.3) is 0 Å². The lowest BCUT2D eigenvalue weighted by atomic mass is 9.92. The second kappa shape index (κ2) is 28.0. The topological polar surface area (TPSA) is 0 Å². The molecule has 0 aliphatic carbocycles. The monoisotopic (exact) mass is 437 g/mol. The van der Waals surface area contributed by atoms with Crippen molar-refractivity contribution < 1.29 is 0 Å². The lowest BCUT2D eigenvalue weighted by molar-refractivity contribution is 0.392. The van der Waals surface area contributed by atoms with Gasteiger partial charge < -0.3 is 0 Å². The van der Waals surface area contributed by atoms with Crippen LogP contribution in [0, 0.1) is 5.92 Å². The Hall–Kier alpha value is 0. The van der Waals surface area contributed by atoms with Gasteiger partial charge in [-0.25, -0.2) is 0 Å². The summed E-state index contributed by atoms with van der Waals surface area (Å²) in [7, 11) is 0. The Labute approximate surface area is 200 Å². The third kappa shape index (κ3) is 26.1. The van der Waals surface area contributed by atoms with Crippen LogP contribution in [0.1, 0.15) is 194 Å². The molecule has 0 radical (unpaired) electrons. The van der Waals surface area contributed by atoms with Crippen LogP contribution in [0.3, 0.4) is 0 Å². The molecule has 0 bridgehead atoms. The van der Waals surface area contributed by atoms with Crippen LogP contribution >= 0.6 is 0 Å². The van der Waals surface area contributed by atoms with Crippen molar-refractivity contribution >= 4 is 0 Å². The average molecular weight is 437 g/mol. The van der Waals surface area contributed by atoms with Gasteiger partial charge in [-0.3, -0.25) is 0 Å². The van der Waals surface area contributed by atoms with Crippen molar-refractivity contribution in [3.8, 4) is 0 Å². The van der Waals surface area contributed by atoms with E-state index in [-0.39, 0.29) is 0 Å². The maximum absolute atomic E-state index is 2.42. The molecule has 0 saturated carbocycles. The molecular formula is C31H64. The molecule has 1 atom stereocenters. The largest absolute Gasteiger partial charge is 0.0654 e. The molecule has 0 amide bonds. The van der Waals surface area contributed by atoms with Gasteiger partial charge in [-0.15, -0.1) is 0 Å². The summed E-state index contributed by atoms with van der Waals surface area (Å²) in [5.74, 6) is 1.02. The average Bonchev–Trinajstić information content (AvgIpc) is 2.79. The number of rotatable bonds is 27. The van der Waals surface area contributed by atoms with Crippen LogP contribution in [0.4, 0.5) is 0 Å². The number of hydrogen-bond acceptors (Lipinski definition) is 0. The van der Waals surface area contributed by atoms with Gasteiger partial charge >= 0.3 is 0 Å². The maximum atomic E-state index is 2.42. The molecule has 0 aromatic heterocycles. The first-order valence-electron chi connectivity index (χ1n) is 15.3. The fourth-order valence-corrected chi connectivity index (χ4v) is 5.10. The zero-order valence-corrected chi connectivity index (χ0v) is 22.7. The molecule has 188 valence electrons. The van der Waals surface area contributed by atoms with Crippen molar-refractivity contribution in [3.05, 3.63) is 0 Å². The van der Waals surface area contributed by atoms with E-state index in [1.807, 2.05) is 0 Å². The molecular weight excluding hydrogens is 372 g/mol. The van der Waals surface area contributed by atoms with E-state index < -0.39 is 0 Å². The second-order valence-corrected chi connectivity index (χ2v) is 10.6. The molecule has 0 fully saturated rings. The van der Waals surface area contributed by atoms with E-state index in [4.69, 9.17) is 0 Å². The summed E-state index contributed by atoms with van der Waals surface area (Å²) in [6, 6.07) is 0. The fourth-order valence-electron chi connectivity index (χ4n) is 5.10. The summed E-state index contributed by atoms with van der Waals surface area (Å²) in [5, 5.41) is 0. The van der Waals surface area contributed by atoms with E-state index in [9.17, 15) is 0 Å².